The number of fused-ring (bicyclic) bond motifs is 2. The Bertz CT molecular complexity index is 1270. The molecular formula is C29H35N3O7. The Kier molecular flexibility index (Phi) is 7.96. The number of carboxylic acid groups (broad SMARTS) is 1. The van der Waals surface area contributed by atoms with Crippen molar-refractivity contribution >= 4 is 29.6 Å². The van der Waals surface area contributed by atoms with Crippen molar-refractivity contribution in [3.63, 3.8) is 0 Å². The number of nitrogens with one attached hydrogen (secondary N) is 1. The third-order valence-electron chi connectivity index (χ3n) is 6.96. The SMILES string of the molecule is CC(O)C(NC(=O)[C@H]1Cc2ccccc2N1C(=O)OC(C)(C)C)C(=O)N1Cc2ccccc2C[C@@H]1CC(=O)O. The molecule has 0 bridgehead atoms. The van der Waals surface area contributed by atoms with Crippen LogP contribution in [0.5, 0.6) is 0 Å². The van der Waals surface area contributed by atoms with Gasteiger partial charge < -0.3 is 25.2 Å². The molecule has 4 atom stereocenters. The highest BCUT2D eigenvalue weighted by atomic mass is 16.6. The molecule has 0 fully saturated rings. The minimum absolute atomic E-state index is 0.158. The highest BCUT2D eigenvalue weighted by Crippen LogP contribution is 2.34. The van der Waals surface area contributed by atoms with Crippen LogP contribution in [-0.2, 0) is 38.5 Å². The standard InChI is InChI=1S/C29H35N3O7/c1-17(33)25(27(37)31-16-20-11-6-5-9-18(20)13-21(31)15-24(34)35)30-26(36)23-14-19-10-7-8-12-22(19)32(23)28(38)39-29(2,3)4/h5-12,17,21,23,25,33H,13-16H2,1-4H3,(H,30,36)(H,34,35)/t17?,21-,23-,25?/m1/s1. The van der Waals surface area contributed by atoms with Crippen LogP contribution in [-0.4, -0.2) is 68.8 Å². The molecule has 0 aliphatic carbocycles. The maximum atomic E-state index is 13.8. The minimum atomic E-state index is -1.34. The number of aliphatic hydroxyl groups is 1. The van der Waals surface area contributed by atoms with Crippen LogP contribution in [0.15, 0.2) is 48.5 Å². The number of aliphatic hydroxyl groups excluding tert-OH is 1. The summed E-state index contributed by atoms with van der Waals surface area (Å²) in [6.45, 7) is 6.74. The first kappa shape index (κ1) is 28.1. The molecule has 0 aromatic heterocycles. The quantitative estimate of drug-likeness (QED) is 0.515. The largest absolute Gasteiger partial charge is 0.481 e. The van der Waals surface area contributed by atoms with Crippen molar-refractivity contribution in [2.45, 2.75) is 83.3 Å². The summed E-state index contributed by atoms with van der Waals surface area (Å²) in [4.78, 5) is 54.8. The predicted octanol–water partition coefficient (Wildman–Crippen LogP) is 2.65. The zero-order valence-electron chi connectivity index (χ0n) is 22.6. The maximum Gasteiger partial charge on any atom is 0.415 e. The van der Waals surface area contributed by atoms with Crippen LogP contribution in [0.4, 0.5) is 10.5 Å². The fourth-order valence-corrected chi connectivity index (χ4v) is 5.18. The Hall–Kier alpha value is -3.92. The topological polar surface area (TPSA) is 136 Å². The highest BCUT2D eigenvalue weighted by molar-refractivity contribution is 6.02. The van der Waals surface area contributed by atoms with Crippen LogP contribution in [0.3, 0.4) is 0 Å². The summed E-state index contributed by atoms with van der Waals surface area (Å²) < 4.78 is 5.57. The van der Waals surface area contributed by atoms with Gasteiger partial charge in [0.2, 0.25) is 11.8 Å². The average Bonchev–Trinajstić information content (AvgIpc) is 3.25. The Morgan fingerprint density at radius 3 is 2.23 bits per heavy atom. The van der Waals surface area contributed by atoms with E-state index in [1.165, 1.54) is 16.7 Å². The molecule has 2 heterocycles. The zero-order valence-corrected chi connectivity index (χ0v) is 22.6. The van der Waals surface area contributed by atoms with Gasteiger partial charge in [-0.2, -0.15) is 0 Å². The van der Waals surface area contributed by atoms with Crippen molar-refractivity contribution in [3.05, 3.63) is 65.2 Å². The van der Waals surface area contributed by atoms with Gasteiger partial charge in [0.25, 0.3) is 0 Å². The van der Waals surface area contributed by atoms with Gasteiger partial charge in [0.1, 0.15) is 17.7 Å². The number of hydrogen-bond donors (Lipinski definition) is 3. The molecule has 2 aliphatic heterocycles. The minimum Gasteiger partial charge on any atom is -0.481 e. The molecule has 2 aliphatic rings. The van der Waals surface area contributed by atoms with Crippen LogP contribution in [0.1, 0.15) is 50.8 Å². The number of rotatable bonds is 6. The lowest BCUT2D eigenvalue weighted by Gasteiger charge is -2.39. The second kappa shape index (κ2) is 11.1. The van der Waals surface area contributed by atoms with Crippen LogP contribution < -0.4 is 10.2 Å². The third kappa shape index (κ3) is 6.22. The van der Waals surface area contributed by atoms with Crippen LogP contribution in [0, 0.1) is 0 Å². The van der Waals surface area contributed by atoms with Crippen LogP contribution >= 0.6 is 0 Å². The number of aliphatic carboxylic acids is 1. The van der Waals surface area contributed by atoms with Crippen LogP contribution in [0.25, 0.3) is 0 Å². The number of carbonyl (C=O) groups excluding carboxylic acids is 3. The van der Waals surface area contributed by atoms with E-state index in [1.54, 1.807) is 32.9 Å². The number of carboxylic acids is 1. The van der Waals surface area contributed by atoms with Crippen molar-refractivity contribution < 1.29 is 34.1 Å². The number of amides is 3. The normalized spacial score (nSPS) is 19.9. The molecular weight excluding hydrogens is 502 g/mol. The van der Waals surface area contributed by atoms with Crippen molar-refractivity contribution in [2.75, 3.05) is 4.90 Å². The van der Waals surface area contributed by atoms with Crippen LogP contribution in [0.2, 0.25) is 0 Å². The summed E-state index contributed by atoms with van der Waals surface area (Å²) >= 11 is 0. The summed E-state index contributed by atoms with van der Waals surface area (Å²) in [7, 11) is 0. The van der Waals surface area contributed by atoms with Crippen molar-refractivity contribution in [2.24, 2.45) is 0 Å². The fourth-order valence-electron chi connectivity index (χ4n) is 5.18. The van der Waals surface area contributed by atoms with E-state index in [9.17, 15) is 29.4 Å². The number of ether oxygens (including phenoxy) is 1. The lowest BCUT2D eigenvalue weighted by atomic mass is 9.91. The second-order valence-corrected chi connectivity index (χ2v) is 11.1. The van der Waals surface area contributed by atoms with E-state index < -0.39 is 53.7 Å². The summed E-state index contributed by atoms with van der Waals surface area (Å²) in [5.74, 6) is -2.26. The molecule has 3 N–H and O–H groups in total. The first-order chi connectivity index (χ1) is 18.4. The number of benzene rings is 2. The van der Waals surface area contributed by atoms with Gasteiger partial charge in [-0.15, -0.1) is 0 Å². The van der Waals surface area contributed by atoms with Crippen molar-refractivity contribution in [1.29, 1.82) is 0 Å². The van der Waals surface area contributed by atoms with Gasteiger partial charge in [-0.1, -0.05) is 42.5 Å². The fraction of sp³-hybridized carbons (Fsp3) is 0.448. The Labute approximate surface area is 227 Å². The zero-order chi connectivity index (χ0) is 28.5. The monoisotopic (exact) mass is 537 g/mol. The molecule has 2 aromatic carbocycles. The van der Waals surface area contributed by atoms with E-state index in [0.717, 1.165) is 16.7 Å². The first-order valence-electron chi connectivity index (χ1n) is 13.0. The number of carbonyl (C=O) groups is 4. The molecule has 2 unspecified atom stereocenters. The van der Waals surface area contributed by atoms with Gasteiger partial charge in [-0.25, -0.2) is 4.79 Å². The second-order valence-electron chi connectivity index (χ2n) is 11.1. The number of anilines is 1. The van der Waals surface area contributed by atoms with E-state index in [2.05, 4.69) is 5.32 Å². The molecule has 0 saturated carbocycles. The smallest absolute Gasteiger partial charge is 0.415 e. The summed E-state index contributed by atoms with van der Waals surface area (Å²) in [6, 6.07) is 11.6. The Morgan fingerprint density at radius 1 is 1.00 bits per heavy atom. The predicted molar refractivity (Wildman–Crippen MR) is 143 cm³/mol. The van der Waals surface area contributed by atoms with Gasteiger partial charge in [0.05, 0.1) is 18.2 Å². The molecule has 208 valence electrons. The molecule has 0 radical (unpaired) electrons. The number of para-hydroxylation sites is 1. The number of nitrogens with zero attached hydrogens (tertiary/aromatic N) is 2. The van der Waals surface area contributed by atoms with Gasteiger partial charge >= 0.3 is 12.1 Å². The summed E-state index contributed by atoms with van der Waals surface area (Å²) in [5.41, 5.74) is 2.36. The lowest BCUT2D eigenvalue weighted by Crippen LogP contribution is -2.60. The maximum absolute atomic E-state index is 13.8. The number of hydrogen-bond acceptors (Lipinski definition) is 6. The third-order valence-corrected chi connectivity index (χ3v) is 6.96. The first-order valence-corrected chi connectivity index (χ1v) is 13.0. The molecule has 3 amide bonds. The van der Waals surface area contributed by atoms with E-state index in [1.807, 2.05) is 36.4 Å². The average molecular weight is 538 g/mol. The van der Waals surface area contributed by atoms with E-state index >= 15 is 0 Å². The van der Waals surface area contributed by atoms with E-state index in [0.29, 0.717) is 12.1 Å². The van der Waals surface area contributed by atoms with Gasteiger partial charge in [-0.05, 0) is 56.9 Å². The molecule has 4 rings (SSSR count). The van der Waals surface area contributed by atoms with Crippen molar-refractivity contribution in [3.8, 4) is 0 Å². The molecule has 0 spiro atoms. The summed E-state index contributed by atoms with van der Waals surface area (Å²) in [5, 5.41) is 22.7. The molecule has 0 saturated heterocycles. The Balaban J connectivity index is 1.59. The van der Waals surface area contributed by atoms with E-state index in [-0.39, 0.29) is 19.4 Å². The van der Waals surface area contributed by atoms with Gasteiger partial charge in [-0.3, -0.25) is 19.3 Å². The molecule has 10 nitrogen and oxygen atoms in total. The molecule has 2 aromatic rings. The van der Waals surface area contributed by atoms with Crippen molar-refractivity contribution in [1.82, 2.24) is 10.2 Å². The highest BCUT2D eigenvalue weighted by Gasteiger charge is 2.43. The van der Waals surface area contributed by atoms with Gasteiger partial charge in [0.15, 0.2) is 0 Å². The van der Waals surface area contributed by atoms with E-state index in [4.69, 9.17) is 4.74 Å². The lowest BCUT2D eigenvalue weighted by molar-refractivity contribution is -0.145. The summed E-state index contributed by atoms with van der Waals surface area (Å²) in [6.07, 6.45) is -1.69. The molecule has 10 heteroatoms. The van der Waals surface area contributed by atoms with Gasteiger partial charge in [0, 0.05) is 19.0 Å². The molecule has 39 heavy (non-hydrogen) atoms. The Morgan fingerprint density at radius 2 is 1.62 bits per heavy atom.